The lowest BCUT2D eigenvalue weighted by Gasteiger charge is -2.41. The summed E-state index contributed by atoms with van der Waals surface area (Å²) in [6.45, 7) is 5.12. The molecular weight excluding hydrogens is 384 g/mol. The Hall–Kier alpha value is -2.32. The molecule has 2 aromatic heterocycles. The number of thiophene rings is 1. The highest BCUT2D eigenvalue weighted by Gasteiger charge is 2.26. The second kappa shape index (κ2) is 9.93. The Morgan fingerprint density at radius 1 is 1.03 bits per heavy atom. The van der Waals surface area contributed by atoms with Crippen molar-refractivity contribution in [3.05, 3.63) is 70.7 Å². The highest BCUT2D eigenvalue weighted by Crippen LogP contribution is 2.21. The topological polar surface area (TPSA) is 61.7 Å². The van der Waals surface area contributed by atoms with Gasteiger partial charge in [0.1, 0.15) is 5.75 Å². The first-order chi connectivity index (χ1) is 14.3. The van der Waals surface area contributed by atoms with E-state index in [1.807, 2.05) is 12.1 Å². The van der Waals surface area contributed by atoms with E-state index in [2.05, 4.69) is 48.7 Å². The molecule has 29 heavy (non-hydrogen) atoms. The Labute approximate surface area is 175 Å². The molecule has 1 N–H and O–H groups in total. The Morgan fingerprint density at radius 3 is 2.59 bits per heavy atom. The largest absolute Gasteiger partial charge is 0.424 e. The molecule has 3 heterocycles. The third kappa shape index (κ3) is 5.61. The quantitative estimate of drug-likeness (QED) is 0.614. The molecule has 0 aliphatic carbocycles. The first kappa shape index (κ1) is 20.0. The predicted octanol–water partition coefficient (Wildman–Crippen LogP) is 3.40. The second-order valence-corrected chi connectivity index (χ2v) is 8.06. The molecule has 0 radical (unpaired) electrons. The highest BCUT2D eigenvalue weighted by molar-refractivity contribution is 7.07. The van der Waals surface area contributed by atoms with Crippen molar-refractivity contribution in [3.63, 3.8) is 0 Å². The smallest absolute Gasteiger partial charge is 0.321 e. The number of benzene rings is 1. The van der Waals surface area contributed by atoms with Gasteiger partial charge in [0, 0.05) is 57.8 Å². The van der Waals surface area contributed by atoms with Crippen molar-refractivity contribution in [3.8, 4) is 11.8 Å². The molecule has 7 heteroatoms. The Kier molecular flexibility index (Phi) is 6.84. The summed E-state index contributed by atoms with van der Waals surface area (Å²) in [7, 11) is 0. The van der Waals surface area contributed by atoms with Crippen LogP contribution in [0.25, 0.3) is 0 Å². The summed E-state index contributed by atoms with van der Waals surface area (Å²) in [6, 6.07) is 12.8. The maximum Gasteiger partial charge on any atom is 0.321 e. The van der Waals surface area contributed by atoms with Gasteiger partial charge in [-0.25, -0.2) is 9.97 Å². The summed E-state index contributed by atoms with van der Waals surface area (Å²) in [5.41, 5.74) is 2.62. The minimum absolute atomic E-state index is 0.228. The van der Waals surface area contributed by atoms with Crippen LogP contribution in [-0.2, 0) is 13.1 Å². The van der Waals surface area contributed by atoms with Gasteiger partial charge in [-0.1, -0.05) is 12.1 Å². The van der Waals surface area contributed by atoms with Gasteiger partial charge in [-0.2, -0.15) is 11.3 Å². The van der Waals surface area contributed by atoms with E-state index in [1.54, 1.807) is 29.8 Å². The van der Waals surface area contributed by atoms with Crippen molar-refractivity contribution >= 4 is 11.3 Å². The number of hydrogen-bond donors (Lipinski definition) is 1. The van der Waals surface area contributed by atoms with Crippen LogP contribution in [0.5, 0.6) is 11.8 Å². The zero-order valence-corrected chi connectivity index (χ0v) is 17.2. The van der Waals surface area contributed by atoms with Crippen LogP contribution < -0.4 is 4.74 Å². The van der Waals surface area contributed by atoms with Gasteiger partial charge in [0.2, 0.25) is 0 Å². The summed E-state index contributed by atoms with van der Waals surface area (Å²) in [6.07, 6.45) is 4.14. The average molecular weight is 411 g/mol. The van der Waals surface area contributed by atoms with Crippen molar-refractivity contribution < 1.29 is 9.84 Å². The molecule has 1 aliphatic rings. The fraction of sp³-hybridized carbons (Fsp3) is 0.364. The third-order valence-electron chi connectivity index (χ3n) is 5.20. The second-order valence-electron chi connectivity index (χ2n) is 7.28. The fourth-order valence-corrected chi connectivity index (χ4v) is 4.37. The first-order valence-corrected chi connectivity index (χ1v) is 10.9. The molecule has 0 saturated carbocycles. The van der Waals surface area contributed by atoms with E-state index in [0.717, 1.165) is 44.9 Å². The summed E-state index contributed by atoms with van der Waals surface area (Å²) < 4.78 is 5.67. The van der Waals surface area contributed by atoms with Gasteiger partial charge in [0.15, 0.2) is 0 Å². The summed E-state index contributed by atoms with van der Waals surface area (Å²) in [5.74, 6) is 0.735. The van der Waals surface area contributed by atoms with Crippen molar-refractivity contribution in [2.75, 3.05) is 26.2 Å². The lowest BCUT2D eigenvalue weighted by molar-refractivity contribution is 0.0500. The van der Waals surface area contributed by atoms with E-state index in [1.165, 1.54) is 11.1 Å². The van der Waals surface area contributed by atoms with Gasteiger partial charge in [-0.3, -0.25) is 9.80 Å². The molecule has 1 atom stereocenters. The molecule has 3 aromatic rings. The fourth-order valence-electron chi connectivity index (χ4n) is 3.71. The normalized spacial score (nSPS) is 18.0. The molecule has 6 nitrogen and oxygen atoms in total. The Morgan fingerprint density at radius 2 is 1.86 bits per heavy atom. The van der Waals surface area contributed by atoms with Crippen LogP contribution in [-0.4, -0.2) is 57.2 Å². The lowest BCUT2D eigenvalue weighted by atomic mass is 10.1. The molecule has 1 aliphatic heterocycles. The number of hydrogen-bond acceptors (Lipinski definition) is 7. The highest BCUT2D eigenvalue weighted by atomic mass is 32.1. The molecule has 1 unspecified atom stereocenters. The van der Waals surface area contributed by atoms with Crippen molar-refractivity contribution in [1.29, 1.82) is 0 Å². The van der Waals surface area contributed by atoms with Crippen LogP contribution in [0, 0.1) is 0 Å². The standard InChI is InChI=1S/C22H26N4O2S/c27-12-6-20-16-25(10-11-26(20)15-19-7-13-29-17-19)14-18-2-4-21(5-3-18)28-22-23-8-1-9-24-22/h1-5,7-9,13,17,20,27H,6,10-12,14-16H2. The summed E-state index contributed by atoms with van der Waals surface area (Å²) >= 11 is 1.74. The van der Waals surface area contributed by atoms with Gasteiger partial charge >= 0.3 is 6.01 Å². The third-order valence-corrected chi connectivity index (χ3v) is 5.93. The van der Waals surface area contributed by atoms with Gasteiger partial charge in [0.05, 0.1) is 0 Å². The Bertz CT molecular complexity index is 858. The zero-order chi connectivity index (χ0) is 19.9. The van der Waals surface area contributed by atoms with E-state index in [0.29, 0.717) is 12.1 Å². The molecule has 1 fully saturated rings. The van der Waals surface area contributed by atoms with E-state index in [-0.39, 0.29) is 6.61 Å². The van der Waals surface area contributed by atoms with Crippen LogP contribution >= 0.6 is 11.3 Å². The van der Waals surface area contributed by atoms with Crippen molar-refractivity contribution in [1.82, 2.24) is 19.8 Å². The summed E-state index contributed by atoms with van der Waals surface area (Å²) in [5, 5.41) is 13.9. The molecule has 0 bridgehead atoms. The number of aromatic nitrogens is 2. The van der Waals surface area contributed by atoms with Crippen LogP contribution in [0.15, 0.2) is 59.6 Å². The minimum Gasteiger partial charge on any atom is -0.424 e. The maximum atomic E-state index is 9.52. The minimum atomic E-state index is 0.228. The number of ether oxygens (including phenoxy) is 1. The van der Waals surface area contributed by atoms with E-state index in [4.69, 9.17) is 4.74 Å². The molecule has 0 amide bonds. The molecule has 1 saturated heterocycles. The monoisotopic (exact) mass is 410 g/mol. The van der Waals surface area contributed by atoms with Gasteiger partial charge in [-0.15, -0.1) is 0 Å². The van der Waals surface area contributed by atoms with Gasteiger partial charge < -0.3 is 9.84 Å². The average Bonchev–Trinajstić information content (AvgIpc) is 3.26. The van der Waals surface area contributed by atoms with Crippen molar-refractivity contribution in [2.45, 2.75) is 25.6 Å². The predicted molar refractivity (Wildman–Crippen MR) is 114 cm³/mol. The first-order valence-electron chi connectivity index (χ1n) is 9.92. The van der Waals surface area contributed by atoms with Crippen LogP contribution in [0.3, 0.4) is 0 Å². The summed E-state index contributed by atoms with van der Waals surface area (Å²) in [4.78, 5) is 13.1. The molecule has 152 valence electrons. The van der Waals surface area contributed by atoms with Gasteiger partial charge in [-0.05, 0) is 52.6 Å². The molecule has 0 spiro atoms. The van der Waals surface area contributed by atoms with Gasteiger partial charge in [0.25, 0.3) is 0 Å². The molecule has 4 rings (SSSR count). The van der Waals surface area contributed by atoms with Crippen molar-refractivity contribution in [2.24, 2.45) is 0 Å². The van der Waals surface area contributed by atoms with E-state index >= 15 is 0 Å². The maximum absolute atomic E-state index is 9.52. The number of aliphatic hydroxyl groups excluding tert-OH is 1. The van der Waals surface area contributed by atoms with Crippen LogP contribution in [0.2, 0.25) is 0 Å². The van der Waals surface area contributed by atoms with E-state index < -0.39 is 0 Å². The Balaban J connectivity index is 1.33. The molecular formula is C22H26N4O2S. The van der Waals surface area contributed by atoms with Crippen LogP contribution in [0.4, 0.5) is 0 Å². The molecule has 1 aromatic carbocycles. The zero-order valence-electron chi connectivity index (χ0n) is 16.4. The van der Waals surface area contributed by atoms with E-state index in [9.17, 15) is 5.11 Å². The number of piperazine rings is 1. The lowest BCUT2D eigenvalue weighted by Crippen LogP contribution is -2.52. The SMILES string of the molecule is OCCC1CN(Cc2ccc(Oc3ncccn3)cc2)CCN1Cc1ccsc1. The number of aliphatic hydroxyl groups is 1. The number of rotatable bonds is 8. The number of nitrogens with zero attached hydrogens (tertiary/aromatic N) is 4. The van der Waals surface area contributed by atoms with Crippen LogP contribution in [0.1, 0.15) is 17.5 Å².